The number of aromatic nitrogens is 3. The van der Waals surface area contributed by atoms with Gasteiger partial charge in [0.2, 0.25) is 0 Å². The molecule has 0 aliphatic carbocycles. The van der Waals surface area contributed by atoms with Gasteiger partial charge >= 0.3 is 0 Å². The van der Waals surface area contributed by atoms with Crippen molar-refractivity contribution < 1.29 is 0 Å². The molecule has 0 saturated carbocycles. The van der Waals surface area contributed by atoms with Crippen LogP contribution >= 0.6 is 15.9 Å². The first kappa shape index (κ1) is 11.2. The molecule has 18 heavy (non-hydrogen) atoms. The summed E-state index contributed by atoms with van der Waals surface area (Å²) in [6, 6.07) is 9.97. The predicted octanol–water partition coefficient (Wildman–Crippen LogP) is 2.66. The number of fused-ring (bicyclic) bond motifs is 1. The zero-order chi connectivity index (χ0) is 12.5. The number of nitrogen functional groups attached to an aromatic ring is 1. The van der Waals surface area contributed by atoms with E-state index in [1.807, 2.05) is 18.3 Å². The van der Waals surface area contributed by atoms with Gasteiger partial charge in [-0.2, -0.15) is 9.61 Å². The fourth-order valence-electron chi connectivity index (χ4n) is 1.90. The SMILES string of the molecule is Nc1ccnc2c(Cc3ccc(Br)cc3)cnn12. The molecule has 90 valence electrons. The minimum Gasteiger partial charge on any atom is -0.384 e. The average molecular weight is 303 g/mol. The lowest BCUT2D eigenvalue weighted by molar-refractivity contribution is 0.952. The van der Waals surface area contributed by atoms with Gasteiger partial charge in [0.1, 0.15) is 5.82 Å². The summed E-state index contributed by atoms with van der Waals surface area (Å²) in [4.78, 5) is 4.33. The Bertz CT molecular complexity index is 688. The fourth-order valence-corrected chi connectivity index (χ4v) is 2.17. The second-order valence-corrected chi connectivity index (χ2v) is 4.99. The molecule has 0 aliphatic heterocycles. The molecule has 0 amide bonds. The Balaban J connectivity index is 2.00. The quantitative estimate of drug-likeness (QED) is 0.792. The fraction of sp³-hybridized carbons (Fsp3) is 0.0769. The number of hydrogen-bond acceptors (Lipinski definition) is 3. The van der Waals surface area contributed by atoms with E-state index < -0.39 is 0 Å². The van der Waals surface area contributed by atoms with Crippen LogP contribution in [0.1, 0.15) is 11.1 Å². The maximum Gasteiger partial charge on any atom is 0.160 e. The monoisotopic (exact) mass is 302 g/mol. The molecular formula is C13H11BrN4. The molecule has 5 heteroatoms. The minimum atomic E-state index is 0.599. The van der Waals surface area contributed by atoms with Crippen molar-refractivity contribution in [2.45, 2.75) is 6.42 Å². The highest BCUT2D eigenvalue weighted by Crippen LogP contribution is 2.17. The highest BCUT2D eigenvalue weighted by atomic mass is 79.9. The Morgan fingerprint density at radius 3 is 2.72 bits per heavy atom. The van der Waals surface area contributed by atoms with Crippen LogP contribution in [0, 0.1) is 0 Å². The maximum atomic E-state index is 5.84. The van der Waals surface area contributed by atoms with Crippen LogP contribution in [0.4, 0.5) is 5.82 Å². The standard InChI is InChI=1S/C13H11BrN4/c14-11-3-1-9(2-4-11)7-10-8-17-18-12(15)5-6-16-13(10)18/h1-6,8H,7,15H2. The lowest BCUT2D eigenvalue weighted by atomic mass is 10.1. The van der Waals surface area contributed by atoms with Gasteiger partial charge in [-0.05, 0) is 23.8 Å². The number of benzene rings is 1. The molecule has 0 bridgehead atoms. The van der Waals surface area contributed by atoms with Crippen LogP contribution in [0.15, 0.2) is 47.2 Å². The molecule has 0 spiro atoms. The van der Waals surface area contributed by atoms with E-state index in [1.165, 1.54) is 5.56 Å². The van der Waals surface area contributed by atoms with Gasteiger partial charge in [0.25, 0.3) is 0 Å². The molecule has 3 rings (SSSR count). The first-order valence-corrected chi connectivity index (χ1v) is 6.35. The van der Waals surface area contributed by atoms with E-state index in [4.69, 9.17) is 5.73 Å². The van der Waals surface area contributed by atoms with E-state index in [1.54, 1.807) is 16.8 Å². The molecule has 2 N–H and O–H groups in total. The third-order valence-corrected chi connectivity index (χ3v) is 3.34. The minimum absolute atomic E-state index is 0.599. The number of halogens is 1. The van der Waals surface area contributed by atoms with Gasteiger partial charge in [0.15, 0.2) is 5.65 Å². The molecule has 2 heterocycles. The zero-order valence-electron chi connectivity index (χ0n) is 9.55. The summed E-state index contributed by atoms with van der Waals surface area (Å²) in [6.07, 6.45) is 4.32. The Hall–Kier alpha value is -1.88. The second kappa shape index (κ2) is 4.42. The number of nitrogens with two attached hydrogens (primary N) is 1. The Labute approximate surface area is 113 Å². The van der Waals surface area contributed by atoms with E-state index >= 15 is 0 Å². The Morgan fingerprint density at radius 1 is 1.17 bits per heavy atom. The zero-order valence-corrected chi connectivity index (χ0v) is 11.1. The highest BCUT2D eigenvalue weighted by molar-refractivity contribution is 9.10. The van der Waals surface area contributed by atoms with Gasteiger partial charge in [0.05, 0.1) is 6.20 Å². The van der Waals surface area contributed by atoms with Crippen molar-refractivity contribution in [1.29, 1.82) is 0 Å². The van der Waals surface area contributed by atoms with E-state index in [0.29, 0.717) is 5.82 Å². The second-order valence-electron chi connectivity index (χ2n) is 4.08. The summed E-state index contributed by atoms with van der Waals surface area (Å²) in [6.45, 7) is 0. The molecule has 0 radical (unpaired) electrons. The molecular weight excluding hydrogens is 292 g/mol. The highest BCUT2D eigenvalue weighted by Gasteiger charge is 2.07. The third-order valence-electron chi connectivity index (χ3n) is 2.81. The molecule has 0 unspecified atom stereocenters. The molecule has 0 saturated heterocycles. The normalized spacial score (nSPS) is 10.9. The molecule has 3 aromatic rings. The summed E-state index contributed by atoms with van der Waals surface area (Å²) in [5.74, 6) is 0.599. The lowest BCUT2D eigenvalue weighted by Gasteiger charge is -2.01. The summed E-state index contributed by atoms with van der Waals surface area (Å²) in [5.41, 5.74) is 8.95. The summed E-state index contributed by atoms with van der Waals surface area (Å²) < 4.78 is 2.74. The lowest BCUT2D eigenvalue weighted by Crippen LogP contribution is -1.99. The van der Waals surface area contributed by atoms with Crippen LogP contribution in [-0.4, -0.2) is 14.6 Å². The van der Waals surface area contributed by atoms with Crippen LogP contribution in [0.2, 0.25) is 0 Å². The van der Waals surface area contributed by atoms with Gasteiger partial charge in [-0.1, -0.05) is 28.1 Å². The maximum absolute atomic E-state index is 5.84. The molecule has 1 aromatic carbocycles. The van der Waals surface area contributed by atoms with E-state index in [-0.39, 0.29) is 0 Å². The Kier molecular flexibility index (Phi) is 2.76. The molecule has 0 aliphatic rings. The van der Waals surface area contributed by atoms with Crippen molar-refractivity contribution in [3.05, 3.63) is 58.3 Å². The van der Waals surface area contributed by atoms with Gasteiger partial charge in [-0.25, -0.2) is 4.98 Å². The van der Waals surface area contributed by atoms with Crippen LogP contribution < -0.4 is 5.73 Å². The number of hydrogen-bond donors (Lipinski definition) is 1. The summed E-state index contributed by atoms with van der Waals surface area (Å²) in [7, 11) is 0. The largest absolute Gasteiger partial charge is 0.384 e. The van der Waals surface area contributed by atoms with Crippen molar-refractivity contribution in [1.82, 2.24) is 14.6 Å². The first-order chi connectivity index (χ1) is 8.74. The van der Waals surface area contributed by atoms with Gasteiger partial charge in [0, 0.05) is 22.7 Å². The number of anilines is 1. The topological polar surface area (TPSA) is 56.2 Å². The van der Waals surface area contributed by atoms with Gasteiger partial charge in [-0.3, -0.25) is 0 Å². The van der Waals surface area contributed by atoms with Crippen molar-refractivity contribution in [3.63, 3.8) is 0 Å². The first-order valence-electron chi connectivity index (χ1n) is 5.55. The van der Waals surface area contributed by atoms with Crippen LogP contribution in [0.5, 0.6) is 0 Å². The number of rotatable bonds is 2. The molecule has 2 aromatic heterocycles. The third kappa shape index (κ3) is 1.97. The van der Waals surface area contributed by atoms with E-state index in [2.05, 4.69) is 38.1 Å². The Morgan fingerprint density at radius 2 is 1.94 bits per heavy atom. The van der Waals surface area contributed by atoms with Crippen molar-refractivity contribution in [2.75, 3.05) is 5.73 Å². The van der Waals surface area contributed by atoms with Crippen LogP contribution in [0.25, 0.3) is 5.65 Å². The van der Waals surface area contributed by atoms with Crippen molar-refractivity contribution in [3.8, 4) is 0 Å². The van der Waals surface area contributed by atoms with Crippen molar-refractivity contribution in [2.24, 2.45) is 0 Å². The van der Waals surface area contributed by atoms with Gasteiger partial charge in [-0.15, -0.1) is 0 Å². The molecule has 0 fully saturated rings. The van der Waals surface area contributed by atoms with Crippen LogP contribution in [0.3, 0.4) is 0 Å². The number of nitrogens with zero attached hydrogens (tertiary/aromatic N) is 3. The van der Waals surface area contributed by atoms with Gasteiger partial charge < -0.3 is 5.73 Å². The summed E-state index contributed by atoms with van der Waals surface area (Å²) >= 11 is 3.43. The smallest absolute Gasteiger partial charge is 0.160 e. The molecule has 0 atom stereocenters. The van der Waals surface area contributed by atoms with E-state index in [9.17, 15) is 0 Å². The van der Waals surface area contributed by atoms with E-state index in [0.717, 1.165) is 22.1 Å². The average Bonchev–Trinajstić information content (AvgIpc) is 2.77. The molecule has 4 nitrogen and oxygen atoms in total. The predicted molar refractivity (Wildman–Crippen MR) is 74.3 cm³/mol. The van der Waals surface area contributed by atoms with Crippen LogP contribution in [-0.2, 0) is 6.42 Å². The summed E-state index contributed by atoms with van der Waals surface area (Å²) in [5, 5.41) is 4.25. The van der Waals surface area contributed by atoms with Crippen molar-refractivity contribution >= 4 is 27.4 Å².